The van der Waals surface area contributed by atoms with Crippen molar-refractivity contribution < 1.29 is 8.42 Å². The number of hydrogen-bond donors (Lipinski definition) is 0. The molecule has 19 heavy (non-hydrogen) atoms. The Hall–Kier alpha value is -0.870. The van der Waals surface area contributed by atoms with Gasteiger partial charge in [-0.15, -0.1) is 0 Å². The minimum atomic E-state index is -3.31. The Kier molecular flexibility index (Phi) is 3.39. The SMILES string of the molecule is Cc1ccccc1S(=O)(=O)N1CCCC2CCCC21. The zero-order chi connectivity index (χ0) is 13.5. The van der Waals surface area contributed by atoms with Crippen LogP contribution >= 0.6 is 0 Å². The summed E-state index contributed by atoms with van der Waals surface area (Å²) in [5.41, 5.74) is 0.850. The summed E-state index contributed by atoms with van der Waals surface area (Å²) in [7, 11) is -3.31. The lowest BCUT2D eigenvalue weighted by molar-refractivity contribution is 0.202. The third kappa shape index (κ3) is 2.21. The van der Waals surface area contributed by atoms with E-state index in [9.17, 15) is 8.42 Å². The van der Waals surface area contributed by atoms with Gasteiger partial charge in [0.25, 0.3) is 0 Å². The fraction of sp³-hybridized carbons (Fsp3) is 0.600. The van der Waals surface area contributed by atoms with Gasteiger partial charge in [-0.1, -0.05) is 24.6 Å². The molecule has 1 aromatic rings. The second-order valence-electron chi connectivity index (χ2n) is 5.78. The maximum atomic E-state index is 12.9. The van der Waals surface area contributed by atoms with Crippen LogP contribution in [0.2, 0.25) is 0 Å². The van der Waals surface area contributed by atoms with E-state index in [1.165, 1.54) is 19.3 Å². The third-order valence-corrected chi connectivity index (χ3v) is 6.71. The molecular formula is C15H21NO2S. The van der Waals surface area contributed by atoms with E-state index in [1.54, 1.807) is 10.4 Å². The maximum absolute atomic E-state index is 12.9. The molecule has 0 bridgehead atoms. The zero-order valence-corrected chi connectivity index (χ0v) is 12.2. The molecule has 1 aliphatic heterocycles. The number of nitrogens with zero attached hydrogens (tertiary/aromatic N) is 1. The molecule has 3 nitrogen and oxygen atoms in total. The van der Waals surface area contributed by atoms with Crippen molar-refractivity contribution in [3.05, 3.63) is 29.8 Å². The van der Waals surface area contributed by atoms with Gasteiger partial charge in [-0.2, -0.15) is 4.31 Å². The fourth-order valence-electron chi connectivity index (χ4n) is 3.68. The van der Waals surface area contributed by atoms with Crippen LogP contribution < -0.4 is 0 Å². The molecule has 1 aliphatic carbocycles. The lowest BCUT2D eigenvalue weighted by Gasteiger charge is -2.36. The molecule has 2 fully saturated rings. The van der Waals surface area contributed by atoms with Crippen molar-refractivity contribution in [2.45, 2.75) is 50.0 Å². The molecule has 1 heterocycles. The first-order chi connectivity index (χ1) is 9.10. The van der Waals surface area contributed by atoms with Gasteiger partial charge in [-0.3, -0.25) is 0 Å². The van der Waals surface area contributed by atoms with Crippen molar-refractivity contribution in [1.82, 2.24) is 4.31 Å². The zero-order valence-electron chi connectivity index (χ0n) is 11.4. The number of piperidine rings is 1. The highest BCUT2D eigenvalue weighted by Crippen LogP contribution is 2.39. The van der Waals surface area contributed by atoms with Crippen LogP contribution in [0.25, 0.3) is 0 Å². The van der Waals surface area contributed by atoms with E-state index in [0.717, 1.165) is 18.4 Å². The summed E-state index contributed by atoms with van der Waals surface area (Å²) in [6, 6.07) is 7.57. The normalized spacial score (nSPS) is 28.3. The topological polar surface area (TPSA) is 37.4 Å². The largest absolute Gasteiger partial charge is 0.243 e. The van der Waals surface area contributed by atoms with E-state index < -0.39 is 10.0 Å². The summed E-state index contributed by atoms with van der Waals surface area (Å²) < 4.78 is 27.5. The van der Waals surface area contributed by atoms with Crippen LogP contribution in [0.4, 0.5) is 0 Å². The summed E-state index contributed by atoms with van der Waals surface area (Å²) in [6.07, 6.45) is 5.62. The summed E-state index contributed by atoms with van der Waals surface area (Å²) in [4.78, 5) is 0.488. The van der Waals surface area contributed by atoms with Gasteiger partial charge in [0, 0.05) is 12.6 Å². The predicted octanol–water partition coefficient (Wildman–Crippen LogP) is 2.95. The van der Waals surface area contributed by atoms with Gasteiger partial charge >= 0.3 is 0 Å². The molecule has 0 spiro atoms. The van der Waals surface area contributed by atoms with Crippen molar-refractivity contribution in [2.75, 3.05) is 6.54 Å². The van der Waals surface area contributed by atoms with E-state index in [2.05, 4.69) is 0 Å². The minimum absolute atomic E-state index is 0.248. The lowest BCUT2D eigenvalue weighted by atomic mass is 9.94. The molecule has 4 heteroatoms. The first-order valence-corrected chi connectivity index (χ1v) is 8.62. The summed E-state index contributed by atoms with van der Waals surface area (Å²) in [5.74, 6) is 0.590. The molecule has 0 amide bonds. The highest BCUT2D eigenvalue weighted by Gasteiger charge is 2.41. The Balaban J connectivity index is 1.98. The Bertz CT molecular complexity index is 567. The van der Waals surface area contributed by atoms with Gasteiger partial charge in [0.05, 0.1) is 4.90 Å². The molecule has 1 aromatic carbocycles. The number of hydrogen-bond acceptors (Lipinski definition) is 2. The van der Waals surface area contributed by atoms with Crippen molar-refractivity contribution in [3.8, 4) is 0 Å². The number of sulfonamides is 1. The quantitative estimate of drug-likeness (QED) is 0.834. The highest BCUT2D eigenvalue weighted by molar-refractivity contribution is 7.89. The fourth-order valence-corrected chi connectivity index (χ4v) is 5.66. The van der Waals surface area contributed by atoms with Crippen LogP contribution in [-0.2, 0) is 10.0 Å². The van der Waals surface area contributed by atoms with Crippen molar-refractivity contribution in [2.24, 2.45) is 5.92 Å². The molecular weight excluding hydrogens is 258 g/mol. The second-order valence-corrected chi connectivity index (χ2v) is 7.64. The molecule has 1 saturated carbocycles. The van der Waals surface area contributed by atoms with Gasteiger partial charge in [0.2, 0.25) is 10.0 Å². The van der Waals surface area contributed by atoms with E-state index in [1.807, 2.05) is 25.1 Å². The monoisotopic (exact) mass is 279 g/mol. The molecule has 0 radical (unpaired) electrons. The third-order valence-electron chi connectivity index (χ3n) is 4.62. The second kappa shape index (κ2) is 4.91. The van der Waals surface area contributed by atoms with Crippen LogP contribution in [0.5, 0.6) is 0 Å². The maximum Gasteiger partial charge on any atom is 0.243 e. The van der Waals surface area contributed by atoms with Crippen LogP contribution in [-0.4, -0.2) is 25.3 Å². The molecule has 3 rings (SSSR count). The minimum Gasteiger partial charge on any atom is -0.207 e. The summed E-state index contributed by atoms with van der Waals surface area (Å²) in [5, 5.41) is 0. The average Bonchev–Trinajstić information content (AvgIpc) is 2.86. The number of rotatable bonds is 2. The highest BCUT2D eigenvalue weighted by atomic mass is 32.2. The Morgan fingerprint density at radius 1 is 1.11 bits per heavy atom. The smallest absolute Gasteiger partial charge is 0.207 e. The van der Waals surface area contributed by atoms with Crippen LogP contribution in [0.1, 0.15) is 37.7 Å². The molecule has 2 unspecified atom stereocenters. The van der Waals surface area contributed by atoms with Crippen LogP contribution in [0.15, 0.2) is 29.2 Å². The number of aryl methyl sites for hydroxylation is 1. The number of fused-ring (bicyclic) bond motifs is 1. The standard InChI is InChI=1S/C15H21NO2S/c1-12-6-2-3-10-15(12)19(17,18)16-11-5-8-13-7-4-9-14(13)16/h2-3,6,10,13-14H,4-5,7-9,11H2,1H3. The van der Waals surface area contributed by atoms with Gasteiger partial charge in [-0.05, 0) is 50.2 Å². The molecule has 2 atom stereocenters. The van der Waals surface area contributed by atoms with Gasteiger partial charge in [0.15, 0.2) is 0 Å². The first-order valence-electron chi connectivity index (χ1n) is 7.18. The average molecular weight is 279 g/mol. The number of benzene rings is 1. The van der Waals surface area contributed by atoms with Gasteiger partial charge in [0.1, 0.15) is 0 Å². The van der Waals surface area contributed by atoms with Gasteiger partial charge < -0.3 is 0 Å². The van der Waals surface area contributed by atoms with E-state index in [0.29, 0.717) is 17.4 Å². The van der Waals surface area contributed by atoms with E-state index >= 15 is 0 Å². The van der Waals surface area contributed by atoms with E-state index in [4.69, 9.17) is 0 Å². The van der Waals surface area contributed by atoms with Crippen molar-refractivity contribution in [1.29, 1.82) is 0 Å². The summed E-state index contributed by atoms with van der Waals surface area (Å²) in [6.45, 7) is 2.57. The van der Waals surface area contributed by atoms with Crippen molar-refractivity contribution >= 4 is 10.0 Å². The molecule has 0 N–H and O–H groups in total. The molecule has 0 aromatic heterocycles. The van der Waals surface area contributed by atoms with E-state index in [-0.39, 0.29) is 6.04 Å². The van der Waals surface area contributed by atoms with Gasteiger partial charge in [-0.25, -0.2) is 8.42 Å². The Labute approximate surface area is 115 Å². The van der Waals surface area contributed by atoms with Crippen LogP contribution in [0.3, 0.4) is 0 Å². The lowest BCUT2D eigenvalue weighted by Crippen LogP contribution is -2.46. The summed E-state index contributed by atoms with van der Waals surface area (Å²) >= 11 is 0. The first kappa shape index (κ1) is 13.1. The Morgan fingerprint density at radius 3 is 2.63 bits per heavy atom. The molecule has 2 aliphatic rings. The predicted molar refractivity (Wildman–Crippen MR) is 75.4 cm³/mol. The van der Waals surface area contributed by atoms with Crippen LogP contribution in [0, 0.1) is 12.8 Å². The molecule has 104 valence electrons. The Morgan fingerprint density at radius 2 is 1.84 bits per heavy atom. The van der Waals surface area contributed by atoms with Crippen molar-refractivity contribution in [3.63, 3.8) is 0 Å². The molecule has 1 saturated heterocycles.